The van der Waals surface area contributed by atoms with E-state index >= 15 is 0 Å². The fourth-order valence-corrected chi connectivity index (χ4v) is 4.44. The highest BCUT2D eigenvalue weighted by atomic mass is 35.5. The molecule has 2 aromatic carbocycles. The number of thiazole rings is 1. The van der Waals surface area contributed by atoms with E-state index in [2.05, 4.69) is 51.7 Å². The maximum Gasteiger partial charge on any atom is 0.260 e. The minimum Gasteiger partial charge on any atom is -0.497 e. The topological polar surface area (TPSA) is 45.7 Å². The second kappa shape index (κ2) is 11.1. The number of aromatic nitrogens is 1. The molecule has 0 unspecified atom stereocenters. The predicted molar refractivity (Wildman–Crippen MR) is 138 cm³/mol. The molecule has 0 saturated heterocycles. The van der Waals surface area contributed by atoms with E-state index in [9.17, 15) is 4.79 Å². The minimum atomic E-state index is -0.0152. The number of hydrogen-bond donors (Lipinski definition) is 0. The average molecular weight is 476 g/mol. The molecule has 0 aliphatic heterocycles. The number of halogens is 1. The summed E-state index contributed by atoms with van der Waals surface area (Å²) >= 11 is 1.54. The van der Waals surface area contributed by atoms with Gasteiger partial charge >= 0.3 is 0 Å². The zero-order valence-corrected chi connectivity index (χ0v) is 21.5. The van der Waals surface area contributed by atoms with Crippen molar-refractivity contribution in [3.63, 3.8) is 0 Å². The monoisotopic (exact) mass is 475 g/mol. The summed E-state index contributed by atoms with van der Waals surface area (Å²) in [5.74, 6) is 0.752. The number of methoxy groups -OCH3 is 1. The third-order valence-corrected chi connectivity index (χ3v) is 6.65. The lowest BCUT2D eigenvalue weighted by Crippen LogP contribution is -2.38. The van der Waals surface area contributed by atoms with Gasteiger partial charge in [0.25, 0.3) is 5.91 Å². The van der Waals surface area contributed by atoms with Crippen molar-refractivity contribution in [3.05, 3.63) is 53.6 Å². The molecular weight excluding hydrogens is 442 g/mol. The van der Waals surface area contributed by atoms with E-state index in [-0.39, 0.29) is 23.7 Å². The van der Waals surface area contributed by atoms with Gasteiger partial charge in [0.2, 0.25) is 0 Å². The Balaban J connectivity index is 0.00000363. The average Bonchev–Trinajstić information content (AvgIpc) is 3.18. The van der Waals surface area contributed by atoms with Crippen LogP contribution < -0.4 is 9.64 Å². The van der Waals surface area contributed by atoms with Crippen LogP contribution in [0.5, 0.6) is 5.75 Å². The van der Waals surface area contributed by atoms with Crippen LogP contribution in [0.1, 0.15) is 50.5 Å². The van der Waals surface area contributed by atoms with Crippen molar-refractivity contribution in [2.45, 2.75) is 40.0 Å². The molecule has 0 radical (unpaired) electrons. The Morgan fingerprint density at radius 3 is 2.25 bits per heavy atom. The van der Waals surface area contributed by atoms with Crippen LogP contribution in [0.3, 0.4) is 0 Å². The van der Waals surface area contributed by atoms with E-state index in [4.69, 9.17) is 9.72 Å². The molecule has 1 heterocycles. The molecular formula is C25H34ClN3O2S. The molecule has 7 heteroatoms. The fraction of sp³-hybridized carbons (Fsp3) is 0.440. The number of carbonyl (C=O) groups is 1. The first-order valence-corrected chi connectivity index (χ1v) is 11.7. The van der Waals surface area contributed by atoms with E-state index in [1.54, 1.807) is 18.4 Å². The lowest BCUT2D eigenvalue weighted by Gasteiger charge is -2.25. The molecule has 0 saturated carbocycles. The Morgan fingerprint density at radius 1 is 1.03 bits per heavy atom. The van der Waals surface area contributed by atoms with E-state index in [0.29, 0.717) is 12.1 Å². The maximum atomic E-state index is 13.5. The summed E-state index contributed by atoms with van der Waals surface area (Å²) in [5.41, 5.74) is 2.80. The van der Waals surface area contributed by atoms with Gasteiger partial charge in [0.05, 0.1) is 17.3 Å². The smallest absolute Gasteiger partial charge is 0.260 e. The van der Waals surface area contributed by atoms with Gasteiger partial charge in [-0.3, -0.25) is 9.69 Å². The van der Waals surface area contributed by atoms with Crippen molar-refractivity contribution in [3.8, 4) is 5.75 Å². The van der Waals surface area contributed by atoms with Crippen molar-refractivity contribution < 1.29 is 9.53 Å². The Labute approximate surface area is 201 Å². The standard InChI is InChI=1S/C25H33N3O2S.ClH/c1-7-27(8-2)15-16-28(23(29)18-9-11-19(12-10-18)25(3,4)5)24-26-21-17-20(30-6)13-14-22(21)31-24;/h9-14,17H,7-8,15-16H2,1-6H3;1H. The zero-order chi connectivity index (χ0) is 22.6. The molecule has 0 atom stereocenters. The van der Waals surface area contributed by atoms with E-state index in [0.717, 1.165) is 40.7 Å². The normalized spacial score (nSPS) is 11.5. The number of rotatable bonds is 8. The highest BCUT2D eigenvalue weighted by molar-refractivity contribution is 7.22. The number of amides is 1. The van der Waals surface area contributed by atoms with Gasteiger partial charge in [0.15, 0.2) is 5.13 Å². The quantitative estimate of drug-likeness (QED) is 0.400. The number of likely N-dealkylation sites (N-methyl/N-ethyl adjacent to an activating group) is 1. The molecule has 0 aliphatic carbocycles. The molecule has 174 valence electrons. The first-order valence-electron chi connectivity index (χ1n) is 10.9. The molecule has 3 aromatic rings. The van der Waals surface area contributed by atoms with Crippen LogP contribution in [0.25, 0.3) is 10.2 Å². The van der Waals surface area contributed by atoms with Crippen LogP contribution in [0.15, 0.2) is 42.5 Å². The molecule has 5 nitrogen and oxygen atoms in total. The third kappa shape index (κ3) is 6.00. The van der Waals surface area contributed by atoms with Gasteiger partial charge in [-0.25, -0.2) is 4.98 Å². The van der Waals surface area contributed by atoms with Gasteiger partial charge in [-0.15, -0.1) is 12.4 Å². The van der Waals surface area contributed by atoms with E-state index < -0.39 is 0 Å². The summed E-state index contributed by atoms with van der Waals surface area (Å²) in [6.45, 7) is 14.1. The summed E-state index contributed by atoms with van der Waals surface area (Å²) in [6, 6.07) is 13.8. The van der Waals surface area contributed by atoms with Gasteiger partial charge in [0, 0.05) is 24.7 Å². The number of fused-ring (bicyclic) bond motifs is 1. The minimum absolute atomic E-state index is 0. The summed E-state index contributed by atoms with van der Waals surface area (Å²) in [4.78, 5) is 22.5. The Bertz CT molecular complexity index is 1020. The van der Waals surface area contributed by atoms with Gasteiger partial charge in [-0.1, -0.05) is 58.1 Å². The molecule has 0 fully saturated rings. The van der Waals surface area contributed by atoms with Gasteiger partial charge < -0.3 is 9.64 Å². The first kappa shape index (κ1) is 26.1. The summed E-state index contributed by atoms with van der Waals surface area (Å²) in [6.07, 6.45) is 0. The van der Waals surface area contributed by atoms with Crippen LogP contribution >= 0.6 is 23.7 Å². The Hall–Kier alpha value is -2.15. The SMILES string of the molecule is CCN(CC)CCN(C(=O)c1ccc(C(C)(C)C)cc1)c1nc2cc(OC)ccc2s1.Cl. The van der Waals surface area contributed by atoms with Crippen LogP contribution in [0.4, 0.5) is 5.13 Å². The second-order valence-electron chi connectivity index (χ2n) is 8.64. The van der Waals surface area contributed by atoms with Gasteiger partial charge in [-0.05, 0) is 48.3 Å². The van der Waals surface area contributed by atoms with Crippen molar-refractivity contribution >= 4 is 45.0 Å². The number of ether oxygens (including phenoxy) is 1. The predicted octanol–water partition coefficient (Wildman–Crippen LogP) is 6.01. The molecule has 0 bridgehead atoms. The van der Waals surface area contributed by atoms with Crippen LogP contribution in [0.2, 0.25) is 0 Å². The second-order valence-corrected chi connectivity index (χ2v) is 9.65. The molecule has 0 aliphatic rings. The number of carbonyl (C=O) groups excluding carboxylic acids is 1. The van der Waals surface area contributed by atoms with Crippen LogP contribution in [0, 0.1) is 0 Å². The highest BCUT2D eigenvalue weighted by Crippen LogP contribution is 2.32. The van der Waals surface area contributed by atoms with Gasteiger partial charge in [-0.2, -0.15) is 0 Å². The van der Waals surface area contributed by atoms with E-state index in [1.807, 2.05) is 35.2 Å². The summed E-state index contributed by atoms with van der Waals surface area (Å²) < 4.78 is 6.37. The fourth-order valence-electron chi connectivity index (χ4n) is 3.47. The first-order chi connectivity index (χ1) is 14.8. The van der Waals surface area contributed by atoms with Gasteiger partial charge in [0.1, 0.15) is 5.75 Å². The molecule has 0 spiro atoms. The van der Waals surface area contributed by atoms with Crippen molar-refractivity contribution in [2.75, 3.05) is 38.2 Å². The Morgan fingerprint density at radius 2 is 1.69 bits per heavy atom. The largest absolute Gasteiger partial charge is 0.497 e. The van der Waals surface area contributed by atoms with Crippen LogP contribution in [-0.4, -0.2) is 49.1 Å². The number of anilines is 1. The number of hydrogen-bond acceptors (Lipinski definition) is 5. The molecule has 1 amide bonds. The molecule has 1 aromatic heterocycles. The number of benzene rings is 2. The molecule has 0 N–H and O–H groups in total. The Kier molecular flexibility index (Phi) is 9.08. The lowest BCUT2D eigenvalue weighted by molar-refractivity contribution is 0.0983. The van der Waals surface area contributed by atoms with Crippen molar-refractivity contribution in [2.24, 2.45) is 0 Å². The lowest BCUT2D eigenvalue weighted by atomic mass is 9.86. The summed E-state index contributed by atoms with van der Waals surface area (Å²) in [7, 11) is 1.65. The highest BCUT2D eigenvalue weighted by Gasteiger charge is 2.23. The van der Waals surface area contributed by atoms with Crippen molar-refractivity contribution in [1.29, 1.82) is 0 Å². The van der Waals surface area contributed by atoms with E-state index in [1.165, 1.54) is 5.56 Å². The zero-order valence-electron chi connectivity index (χ0n) is 19.8. The molecule has 32 heavy (non-hydrogen) atoms. The maximum absolute atomic E-state index is 13.5. The molecule has 3 rings (SSSR count). The van der Waals surface area contributed by atoms with Crippen LogP contribution in [-0.2, 0) is 5.41 Å². The number of nitrogens with zero attached hydrogens (tertiary/aromatic N) is 3. The van der Waals surface area contributed by atoms with Crippen molar-refractivity contribution in [1.82, 2.24) is 9.88 Å². The third-order valence-electron chi connectivity index (χ3n) is 5.59. The summed E-state index contributed by atoms with van der Waals surface area (Å²) in [5, 5.41) is 0.723.